The summed E-state index contributed by atoms with van der Waals surface area (Å²) in [6.07, 6.45) is 0. The molecular weight excluding hydrogens is 345 g/mol. The highest BCUT2D eigenvalue weighted by Gasteiger charge is 2.06. The highest BCUT2D eigenvalue weighted by molar-refractivity contribution is 9.10. The fraction of sp³-hybridized carbons (Fsp3) is 0.200. The lowest BCUT2D eigenvalue weighted by atomic mass is 10.1. The van der Waals surface area contributed by atoms with Gasteiger partial charge in [-0.15, -0.1) is 0 Å². The van der Waals surface area contributed by atoms with Crippen molar-refractivity contribution in [2.24, 2.45) is 0 Å². The van der Waals surface area contributed by atoms with Gasteiger partial charge in [-0.05, 0) is 48.4 Å². The quantitative estimate of drug-likeness (QED) is 0.749. The fourth-order valence-electron chi connectivity index (χ4n) is 1.88. The number of benzene rings is 2. The van der Waals surface area contributed by atoms with Crippen LogP contribution in [0.15, 0.2) is 46.9 Å². The Bertz CT molecular complexity index is 552. The van der Waals surface area contributed by atoms with Crippen LogP contribution in [0.5, 0.6) is 0 Å². The number of hydrogen-bond donors (Lipinski definition) is 1. The maximum Gasteiger partial charge on any atom is 0.0424 e. The predicted octanol–water partition coefficient (Wildman–Crippen LogP) is 5.61. The van der Waals surface area contributed by atoms with E-state index in [2.05, 4.69) is 40.3 Å². The van der Waals surface area contributed by atoms with Gasteiger partial charge in [0.05, 0.1) is 0 Å². The number of halogens is 3. The first-order valence-electron chi connectivity index (χ1n) is 5.98. The standard InChI is InChI=1S/C15H14BrCl2N/c1-10(12-3-2-4-13(16)7-12)19-9-11-5-14(17)8-15(18)6-11/h2-8,10,19H,9H2,1H3/t10-/m1/s1. The van der Waals surface area contributed by atoms with Crippen LogP contribution >= 0.6 is 39.1 Å². The molecule has 0 bridgehead atoms. The molecule has 0 aromatic heterocycles. The Kier molecular flexibility index (Phi) is 5.28. The molecular formula is C15H14BrCl2N. The van der Waals surface area contributed by atoms with Gasteiger partial charge in [-0.3, -0.25) is 0 Å². The van der Waals surface area contributed by atoms with Crippen LogP contribution in [0, 0.1) is 0 Å². The molecule has 2 rings (SSSR count). The Morgan fingerprint density at radius 3 is 2.42 bits per heavy atom. The predicted molar refractivity (Wildman–Crippen MR) is 85.9 cm³/mol. The molecule has 0 aliphatic carbocycles. The minimum atomic E-state index is 0.259. The molecule has 100 valence electrons. The summed E-state index contributed by atoms with van der Waals surface area (Å²) in [7, 11) is 0. The molecule has 0 fully saturated rings. The molecule has 0 saturated carbocycles. The van der Waals surface area contributed by atoms with Gasteiger partial charge in [-0.2, -0.15) is 0 Å². The van der Waals surface area contributed by atoms with Crippen LogP contribution in [0.1, 0.15) is 24.1 Å². The Morgan fingerprint density at radius 2 is 1.79 bits per heavy atom. The summed E-state index contributed by atoms with van der Waals surface area (Å²) in [6.45, 7) is 2.86. The summed E-state index contributed by atoms with van der Waals surface area (Å²) in [5.74, 6) is 0. The van der Waals surface area contributed by atoms with E-state index in [-0.39, 0.29) is 6.04 Å². The molecule has 2 aromatic rings. The number of hydrogen-bond acceptors (Lipinski definition) is 1. The van der Waals surface area contributed by atoms with Crippen molar-refractivity contribution in [1.29, 1.82) is 0 Å². The number of rotatable bonds is 4. The zero-order valence-electron chi connectivity index (χ0n) is 10.5. The van der Waals surface area contributed by atoms with Crippen LogP contribution in [0.2, 0.25) is 10.0 Å². The van der Waals surface area contributed by atoms with Crippen LogP contribution in [-0.4, -0.2) is 0 Å². The zero-order chi connectivity index (χ0) is 13.8. The van der Waals surface area contributed by atoms with E-state index in [1.54, 1.807) is 6.07 Å². The van der Waals surface area contributed by atoms with Crippen molar-refractivity contribution in [2.45, 2.75) is 19.5 Å². The lowest BCUT2D eigenvalue weighted by molar-refractivity contribution is 0.574. The largest absolute Gasteiger partial charge is 0.306 e. The lowest BCUT2D eigenvalue weighted by Crippen LogP contribution is -2.18. The van der Waals surface area contributed by atoms with Gasteiger partial charge in [0.2, 0.25) is 0 Å². The molecule has 2 aromatic carbocycles. The van der Waals surface area contributed by atoms with E-state index in [1.165, 1.54) is 5.56 Å². The fourth-order valence-corrected chi connectivity index (χ4v) is 2.87. The molecule has 0 amide bonds. The van der Waals surface area contributed by atoms with Crippen molar-refractivity contribution in [3.05, 3.63) is 68.1 Å². The first-order chi connectivity index (χ1) is 9.04. The van der Waals surface area contributed by atoms with Crippen molar-refractivity contribution >= 4 is 39.1 Å². The molecule has 0 saturated heterocycles. The minimum Gasteiger partial charge on any atom is -0.306 e. The highest BCUT2D eigenvalue weighted by Crippen LogP contribution is 2.21. The number of nitrogens with one attached hydrogen (secondary N) is 1. The summed E-state index contributed by atoms with van der Waals surface area (Å²) >= 11 is 15.5. The van der Waals surface area contributed by atoms with Crippen molar-refractivity contribution in [1.82, 2.24) is 5.32 Å². The van der Waals surface area contributed by atoms with Crippen LogP contribution in [-0.2, 0) is 6.54 Å². The normalized spacial score (nSPS) is 12.4. The van der Waals surface area contributed by atoms with E-state index in [9.17, 15) is 0 Å². The van der Waals surface area contributed by atoms with Crippen molar-refractivity contribution in [2.75, 3.05) is 0 Å². The summed E-state index contributed by atoms with van der Waals surface area (Å²) in [5.41, 5.74) is 2.32. The molecule has 0 aliphatic heterocycles. The monoisotopic (exact) mass is 357 g/mol. The Labute approximate surface area is 132 Å². The van der Waals surface area contributed by atoms with E-state index in [0.29, 0.717) is 10.0 Å². The first kappa shape index (κ1) is 14.9. The Hall–Kier alpha value is -0.540. The third kappa shape index (κ3) is 4.50. The van der Waals surface area contributed by atoms with Gasteiger partial charge in [-0.25, -0.2) is 0 Å². The second-order valence-corrected chi connectivity index (χ2v) is 6.22. The lowest BCUT2D eigenvalue weighted by Gasteiger charge is -2.15. The van der Waals surface area contributed by atoms with Gasteiger partial charge in [0.15, 0.2) is 0 Å². The van der Waals surface area contributed by atoms with Crippen LogP contribution in [0.3, 0.4) is 0 Å². The second kappa shape index (κ2) is 6.76. The summed E-state index contributed by atoms with van der Waals surface area (Å²) in [6, 6.07) is 14.1. The van der Waals surface area contributed by atoms with Crippen LogP contribution in [0.4, 0.5) is 0 Å². The van der Waals surface area contributed by atoms with Gasteiger partial charge >= 0.3 is 0 Å². The maximum atomic E-state index is 5.98. The van der Waals surface area contributed by atoms with Gasteiger partial charge in [-0.1, -0.05) is 51.3 Å². The van der Waals surface area contributed by atoms with Crippen LogP contribution < -0.4 is 5.32 Å². The molecule has 0 radical (unpaired) electrons. The zero-order valence-corrected chi connectivity index (χ0v) is 13.6. The molecule has 0 spiro atoms. The van der Waals surface area contributed by atoms with Gasteiger partial charge < -0.3 is 5.32 Å². The maximum absolute atomic E-state index is 5.98. The van der Waals surface area contributed by atoms with E-state index in [4.69, 9.17) is 23.2 Å². The minimum absolute atomic E-state index is 0.259. The summed E-state index contributed by atoms with van der Waals surface area (Å²) in [4.78, 5) is 0. The molecule has 1 nitrogen and oxygen atoms in total. The van der Waals surface area contributed by atoms with Crippen molar-refractivity contribution < 1.29 is 0 Å². The van der Waals surface area contributed by atoms with Crippen molar-refractivity contribution in [3.8, 4) is 0 Å². The van der Waals surface area contributed by atoms with Crippen molar-refractivity contribution in [3.63, 3.8) is 0 Å². The average Bonchev–Trinajstić information content (AvgIpc) is 2.35. The van der Waals surface area contributed by atoms with E-state index in [0.717, 1.165) is 16.6 Å². The summed E-state index contributed by atoms with van der Waals surface area (Å²) < 4.78 is 1.09. The highest BCUT2D eigenvalue weighted by atomic mass is 79.9. The van der Waals surface area contributed by atoms with Gasteiger partial charge in [0, 0.05) is 27.1 Å². The Morgan fingerprint density at radius 1 is 1.11 bits per heavy atom. The topological polar surface area (TPSA) is 12.0 Å². The van der Waals surface area contributed by atoms with E-state index < -0.39 is 0 Å². The SMILES string of the molecule is C[C@@H](NCc1cc(Cl)cc(Cl)c1)c1cccc(Br)c1. The molecule has 1 N–H and O–H groups in total. The smallest absolute Gasteiger partial charge is 0.0424 e. The third-order valence-electron chi connectivity index (χ3n) is 2.88. The third-order valence-corrected chi connectivity index (χ3v) is 3.81. The molecule has 4 heteroatoms. The molecule has 1 atom stereocenters. The van der Waals surface area contributed by atoms with E-state index in [1.807, 2.05) is 24.3 Å². The molecule has 19 heavy (non-hydrogen) atoms. The second-order valence-electron chi connectivity index (χ2n) is 4.44. The summed E-state index contributed by atoms with van der Waals surface area (Å²) in [5, 5.41) is 4.79. The van der Waals surface area contributed by atoms with Gasteiger partial charge in [0.25, 0.3) is 0 Å². The average molecular weight is 359 g/mol. The molecule has 0 heterocycles. The first-order valence-corrected chi connectivity index (χ1v) is 7.53. The Balaban J connectivity index is 2.02. The van der Waals surface area contributed by atoms with Gasteiger partial charge in [0.1, 0.15) is 0 Å². The molecule has 0 aliphatic rings. The van der Waals surface area contributed by atoms with E-state index >= 15 is 0 Å². The van der Waals surface area contributed by atoms with Crippen LogP contribution in [0.25, 0.3) is 0 Å². The molecule has 0 unspecified atom stereocenters.